The second kappa shape index (κ2) is 9.75. The van der Waals surface area contributed by atoms with Crippen LogP contribution in [0.2, 0.25) is 0 Å². The van der Waals surface area contributed by atoms with Crippen LogP contribution in [0.1, 0.15) is 48.0 Å². The summed E-state index contributed by atoms with van der Waals surface area (Å²) >= 11 is 0. The van der Waals surface area contributed by atoms with Crippen molar-refractivity contribution in [1.29, 1.82) is 0 Å². The minimum Gasteiger partial charge on any atom is -0.389 e. The Morgan fingerprint density at radius 3 is 2.74 bits per heavy atom. The van der Waals surface area contributed by atoms with Gasteiger partial charge in [0.05, 0.1) is 36.6 Å². The maximum absolute atomic E-state index is 13.8. The van der Waals surface area contributed by atoms with Gasteiger partial charge in [-0.3, -0.25) is 5.10 Å². The van der Waals surface area contributed by atoms with Crippen LogP contribution in [0.3, 0.4) is 0 Å². The molecule has 3 unspecified atom stereocenters. The van der Waals surface area contributed by atoms with Crippen LogP contribution in [0.15, 0.2) is 36.7 Å². The highest BCUT2D eigenvalue weighted by Gasteiger charge is 2.35. The van der Waals surface area contributed by atoms with Crippen LogP contribution in [-0.4, -0.2) is 60.4 Å². The number of pyridine rings is 1. The Hall–Kier alpha value is -3.35. The van der Waals surface area contributed by atoms with E-state index in [0.717, 1.165) is 36.7 Å². The molecule has 6 rings (SSSR count). The lowest BCUT2D eigenvalue weighted by Crippen LogP contribution is -2.38. The Bertz CT molecular complexity index is 1450. The fourth-order valence-corrected chi connectivity index (χ4v) is 5.40. The van der Waals surface area contributed by atoms with Gasteiger partial charge in [-0.25, -0.2) is 4.98 Å². The number of ether oxygens (including phenoxy) is 1. The van der Waals surface area contributed by atoms with E-state index in [9.17, 15) is 18.3 Å². The first-order valence-corrected chi connectivity index (χ1v) is 12.7. The van der Waals surface area contributed by atoms with Crippen molar-refractivity contribution >= 4 is 10.9 Å². The van der Waals surface area contributed by atoms with Crippen molar-refractivity contribution in [1.82, 2.24) is 35.3 Å². The summed E-state index contributed by atoms with van der Waals surface area (Å²) in [7, 11) is 1.92. The number of fused-ring (bicyclic) bond motifs is 1. The number of aliphatic hydroxyl groups is 1. The highest BCUT2D eigenvalue weighted by Crippen LogP contribution is 2.43. The molecule has 2 aliphatic rings. The number of alkyl halides is 3. The third kappa shape index (κ3) is 4.56. The molecule has 4 heterocycles. The Morgan fingerprint density at radius 1 is 1.24 bits per heavy atom. The van der Waals surface area contributed by atoms with Crippen molar-refractivity contribution in [3.63, 3.8) is 0 Å². The summed E-state index contributed by atoms with van der Waals surface area (Å²) in [6.07, 6.45) is -0.333. The minimum absolute atomic E-state index is 0.0170. The van der Waals surface area contributed by atoms with Gasteiger partial charge in [0.1, 0.15) is 23.5 Å². The number of nitrogens with one attached hydrogen (secondary N) is 2. The normalized spacial score (nSPS) is 21.2. The van der Waals surface area contributed by atoms with Gasteiger partial charge in [0.25, 0.3) is 0 Å². The van der Waals surface area contributed by atoms with Gasteiger partial charge in [-0.15, -0.1) is 10.2 Å². The third-order valence-corrected chi connectivity index (χ3v) is 7.67. The Kier molecular flexibility index (Phi) is 6.40. The summed E-state index contributed by atoms with van der Waals surface area (Å²) in [4.78, 5) is 3.90. The zero-order chi connectivity index (χ0) is 26.4. The van der Waals surface area contributed by atoms with Crippen molar-refractivity contribution in [2.24, 2.45) is 13.0 Å². The fraction of sp³-hybridized carbons (Fsp3) is 0.462. The summed E-state index contributed by atoms with van der Waals surface area (Å²) in [6.45, 7) is 0.477. The first kappa shape index (κ1) is 25.0. The van der Waals surface area contributed by atoms with Crippen molar-refractivity contribution in [3.05, 3.63) is 59.4 Å². The van der Waals surface area contributed by atoms with Crippen molar-refractivity contribution < 1.29 is 23.0 Å². The summed E-state index contributed by atoms with van der Waals surface area (Å²) in [5.74, 6) is 1.33. The van der Waals surface area contributed by atoms with E-state index < -0.39 is 18.0 Å². The van der Waals surface area contributed by atoms with E-state index in [1.54, 1.807) is 6.33 Å². The van der Waals surface area contributed by atoms with Crippen molar-refractivity contribution in [2.45, 2.75) is 50.0 Å². The summed E-state index contributed by atoms with van der Waals surface area (Å²) in [6, 6.07) is 8.44. The molecule has 0 amide bonds. The van der Waals surface area contributed by atoms with Crippen LogP contribution in [0.5, 0.6) is 0 Å². The highest BCUT2D eigenvalue weighted by molar-refractivity contribution is 5.94. The van der Waals surface area contributed by atoms with Gasteiger partial charge in [-0.1, -0.05) is 24.6 Å². The minimum atomic E-state index is -4.63. The Morgan fingerprint density at radius 2 is 2.08 bits per heavy atom. The molecule has 4 aromatic rings. The zero-order valence-corrected chi connectivity index (χ0v) is 20.7. The van der Waals surface area contributed by atoms with Crippen molar-refractivity contribution in [3.8, 4) is 11.3 Å². The van der Waals surface area contributed by atoms with Crippen LogP contribution >= 0.6 is 0 Å². The molecule has 200 valence electrons. The first-order valence-electron chi connectivity index (χ1n) is 12.7. The predicted molar refractivity (Wildman–Crippen MR) is 132 cm³/mol. The summed E-state index contributed by atoms with van der Waals surface area (Å²) < 4.78 is 48.7. The van der Waals surface area contributed by atoms with E-state index in [0.29, 0.717) is 28.1 Å². The van der Waals surface area contributed by atoms with E-state index >= 15 is 0 Å². The van der Waals surface area contributed by atoms with Gasteiger partial charge < -0.3 is 19.7 Å². The topological polar surface area (TPSA) is 114 Å². The quantitative estimate of drug-likeness (QED) is 0.337. The number of hydrogen-bond acceptors (Lipinski definition) is 7. The molecule has 3 N–H and O–H groups in total. The molecular formula is C26H28F3N7O2. The molecule has 1 saturated carbocycles. The Labute approximate surface area is 216 Å². The van der Waals surface area contributed by atoms with E-state index in [4.69, 9.17) is 4.74 Å². The predicted octanol–water partition coefficient (Wildman–Crippen LogP) is 3.55. The number of aliphatic hydroxyl groups excluding tert-OH is 1. The van der Waals surface area contributed by atoms with Gasteiger partial charge >= 0.3 is 6.18 Å². The number of hydrogen-bond donors (Lipinski definition) is 3. The van der Waals surface area contributed by atoms with Gasteiger partial charge in [-0.2, -0.15) is 18.3 Å². The Balaban J connectivity index is 1.40. The van der Waals surface area contributed by atoms with E-state index in [2.05, 4.69) is 30.7 Å². The molecule has 3 aromatic heterocycles. The average Bonchev–Trinajstić information content (AvgIpc) is 3.59. The van der Waals surface area contributed by atoms with Gasteiger partial charge in [0, 0.05) is 30.5 Å². The maximum Gasteiger partial charge on any atom is 0.433 e. The molecule has 0 bridgehead atoms. The smallest absolute Gasteiger partial charge is 0.389 e. The molecular weight excluding hydrogens is 499 g/mol. The molecule has 12 heteroatoms. The number of halogens is 3. The fourth-order valence-electron chi connectivity index (χ4n) is 5.40. The number of nitrogens with zero attached hydrogens (tertiary/aromatic N) is 5. The summed E-state index contributed by atoms with van der Waals surface area (Å²) in [5.41, 5.74) is 1.76. The number of benzene rings is 1. The molecule has 1 aromatic carbocycles. The largest absolute Gasteiger partial charge is 0.433 e. The number of aryl methyl sites for hydroxylation is 1. The van der Waals surface area contributed by atoms with Gasteiger partial charge in [0.2, 0.25) is 0 Å². The van der Waals surface area contributed by atoms with E-state index in [1.807, 2.05) is 35.9 Å². The zero-order valence-electron chi connectivity index (χ0n) is 20.7. The third-order valence-electron chi connectivity index (χ3n) is 7.67. The summed E-state index contributed by atoms with van der Waals surface area (Å²) in [5, 5.41) is 29.2. The van der Waals surface area contributed by atoms with Crippen molar-refractivity contribution in [2.75, 3.05) is 13.2 Å². The lowest BCUT2D eigenvalue weighted by atomic mass is 9.72. The molecule has 1 aliphatic heterocycles. The number of aromatic nitrogens is 6. The van der Waals surface area contributed by atoms with Crippen LogP contribution in [0.4, 0.5) is 13.2 Å². The molecule has 2 fully saturated rings. The van der Waals surface area contributed by atoms with E-state index in [1.165, 1.54) is 0 Å². The SMILES string of the molecule is Cn1cnnc1C(c1cccc(-c2n[nH]c3c(CNC4COCC4O)nc(C(F)(F)F)cc23)c1)C1CCC1. The van der Waals surface area contributed by atoms with E-state index in [-0.39, 0.29) is 37.4 Å². The molecule has 1 saturated heterocycles. The van der Waals surface area contributed by atoms with Crippen LogP contribution in [0, 0.1) is 5.92 Å². The standard InChI is InChI=1S/C26H28F3N7O2/c1-36-13-31-35-25(36)22(14-4-2-5-14)15-6-3-7-16(8-15)23-17-9-21(26(27,28)29)32-18(24(17)34-33-23)10-30-19-11-38-12-20(19)37/h3,6-9,13-14,19-20,22,30,37H,2,4-5,10-12H2,1H3,(H,33,34). The molecule has 38 heavy (non-hydrogen) atoms. The second-order valence-electron chi connectivity index (χ2n) is 10.1. The van der Waals surface area contributed by atoms with Gasteiger partial charge in [0.15, 0.2) is 0 Å². The molecule has 0 spiro atoms. The van der Waals surface area contributed by atoms with Crippen LogP contribution in [-0.2, 0) is 24.5 Å². The molecule has 9 nitrogen and oxygen atoms in total. The van der Waals surface area contributed by atoms with Crippen LogP contribution in [0.25, 0.3) is 22.2 Å². The second-order valence-corrected chi connectivity index (χ2v) is 10.1. The maximum atomic E-state index is 13.8. The lowest BCUT2D eigenvalue weighted by Gasteiger charge is -2.33. The average molecular weight is 528 g/mol. The molecule has 1 aliphatic carbocycles. The lowest BCUT2D eigenvalue weighted by molar-refractivity contribution is -0.141. The molecule has 0 radical (unpaired) electrons. The van der Waals surface area contributed by atoms with Crippen LogP contribution < -0.4 is 5.32 Å². The number of H-pyrrole nitrogens is 1. The molecule has 3 atom stereocenters. The van der Waals surface area contributed by atoms with Gasteiger partial charge in [-0.05, 0) is 36.5 Å². The monoisotopic (exact) mass is 527 g/mol. The first-order chi connectivity index (χ1) is 18.3. The number of aromatic amines is 1. The number of rotatable bonds is 7. The highest BCUT2D eigenvalue weighted by atomic mass is 19.4.